The third kappa shape index (κ3) is 4.25. The summed E-state index contributed by atoms with van der Waals surface area (Å²) in [5.74, 6) is -0.0234. The fraction of sp³-hybridized carbons (Fsp3) is 0.250. The van der Waals surface area contributed by atoms with Gasteiger partial charge in [0.25, 0.3) is 0 Å². The number of aromatic nitrogens is 2. The SMILES string of the molecule is O=S(=O)(CCCl)Nc1cccc(Cn2ccnc2)c1. The van der Waals surface area contributed by atoms with Crippen molar-refractivity contribution in [3.63, 3.8) is 0 Å². The van der Waals surface area contributed by atoms with E-state index in [4.69, 9.17) is 11.6 Å². The van der Waals surface area contributed by atoms with Gasteiger partial charge >= 0.3 is 0 Å². The van der Waals surface area contributed by atoms with Crippen LogP contribution in [0.4, 0.5) is 5.69 Å². The Kier molecular flexibility index (Phi) is 4.44. The number of imidazole rings is 1. The molecule has 2 aromatic rings. The fourth-order valence-corrected chi connectivity index (χ4v) is 3.06. The standard InChI is InChI=1S/C12H14ClN3O2S/c13-4-7-19(17,18)15-12-3-1-2-11(8-12)9-16-6-5-14-10-16/h1-3,5-6,8,10,15H,4,7,9H2. The third-order valence-corrected chi connectivity index (χ3v) is 4.17. The smallest absolute Gasteiger partial charge is 0.233 e. The summed E-state index contributed by atoms with van der Waals surface area (Å²) in [6.45, 7) is 0.644. The number of halogens is 1. The molecule has 0 radical (unpaired) electrons. The lowest BCUT2D eigenvalue weighted by atomic mass is 10.2. The number of benzene rings is 1. The second kappa shape index (κ2) is 6.08. The molecule has 19 heavy (non-hydrogen) atoms. The zero-order valence-corrected chi connectivity index (χ0v) is 11.7. The van der Waals surface area contributed by atoms with Crippen LogP contribution >= 0.6 is 11.6 Å². The van der Waals surface area contributed by atoms with Crippen molar-refractivity contribution in [1.82, 2.24) is 9.55 Å². The molecule has 0 saturated heterocycles. The van der Waals surface area contributed by atoms with Crippen LogP contribution in [0.25, 0.3) is 0 Å². The number of alkyl halides is 1. The fourth-order valence-electron chi connectivity index (χ4n) is 1.66. The van der Waals surface area contributed by atoms with Gasteiger partial charge in [0.05, 0.1) is 12.1 Å². The van der Waals surface area contributed by atoms with E-state index in [0.29, 0.717) is 12.2 Å². The van der Waals surface area contributed by atoms with Crippen LogP contribution in [0.5, 0.6) is 0 Å². The third-order valence-electron chi connectivity index (χ3n) is 2.47. The Morgan fingerprint density at radius 2 is 2.21 bits per heavy atom. The average Bonchev–Trinajstić information content (AvgIpc) is 2.81. The minimum Gasteiger partial charge on any atom is -0.333 e. The van der Waals surface area contributed by atoms with Gasteiger partial charge in [-0.15, -0.1) is 11.6 Å². The number of hydrogen-bond donors (Lipinski definition) is 1. The maximum Gasteiger partial charge on any atom is 0.233 e. The molecule has 0 aliphatic heterocycles. The highest BCUT2D eigenvalue weighted by molar-refractivity contribution is 7.92. The number of sulfonamides is 1. The molecular formula is C12H14ClN3O2S. The highest BCUT2D eigenvalue weighted by atomic mass is 35.5. The van der Waals surface area contributed by atoms with E-state index in [1.807, 2.05) is 22.9 Å². The van der Waals surface area contributed by atoms with Crippen LogP contribution in [0.3, 0.4) is 0 Å². The van der Waals surface area contributed by atoms with Crippen LogP contribution in [0.2, 0.25) is 0 Å². The number of anilines is 1. The lowest BCUT2D eigenvalue weighted by Gasteiger charge is -2.09. The minimum atomic E-state index is -3.36. The van der Waals surface area contributed by atoms with Crippen molar-refractivity contribution in [3.8, 4) is 0 Å². The first kappa shape index (κ1) is 13.9. The van der Waals surface area contributed by atoms with Crippen molar-refractivity contribution < 1.29 is 8.42 Å². The van der Waals surface area contributed by atoms with Crippen molar-refractivity contribution in [2.45, 2.75) is 6.54 Å². The van der Waals surface area contributed by atoms with Gasteiger partial charge in [-0.2, -0.15) is 0 Å². The Labute approximate surface area is 117 Å². The minimum absolute atomic E-state index is 0.0735. The van der Waals surface area contributed by atoms with Crippen LogP contribution in [-0.4, -0.2) is 29.6 Å². The van der Waals surface area contributed by atoms with E-state index in [1.165, 1.54) is 0 Å². The van der Waals surface area contributed by atoms with Crippen LogP contribution in [-0.2, 0) is 16.6 Å². The number of nitrogens with one attached hydrogen (secondary N) is 1. The number of nitrogens with zero attached hydrogens (tertiary/aromatic N) is 2. The molecule has 7 heteroatoms. The Hall–Kier alpha value is -1.53. The largest absolute Gasteiger partial charge is 0.333 e. The quantitative estimate of drug-likeness (QED) is 0.829. The molecule has 102 valence electrons. The summed E-state index contributed by atoms with van der Waals surface area (Å²) in [4.78, 5) is 3.96. The van der Waals surface area contributed by atoms with Gasteiger partial charge in [-0.25, -0.2) is 13.4 Å². The molecule has 0 fully saturated rings. The lowest BCUT2D eigenvalue weighted by Crippen LogP contribution is -2.17. The molecule has 0 saturated carbocycles. The predicted octanol–water partition coefficient (Wildman–Crippen LogP) is 1.91. The van der Waals surface area contributed by atoms with Gasteiger partial charge in [-0.3, -0.25) is 4.72 Å². The van der Waals surface area contributed by atoms with Gasteiger partial charge in [-0.1, -0.05) is 12.1 Å². The molecule has 0 spiro atoms. The number of rotatable bonds is 6. The average molecular weight is 300 g/mol. The Balaban J connectivity index is 2.11. The van der Waals surface area contributed by atoms with Crippen LogP contribution in [0.15, 0.2) is 43.0 Å². The highest BCUT2D eigenvalue weighted by Crippen LogP contribution is 2.13. The van der Waals surface area contributed by atoms with Crippen molar-refractivity contribution in [2.75, 3.05) is 16.4 Å². The first-order valence-electron chi connectivity index (χ1n) is 5.70. The topological polar surface area (TPSA) is 64.0 Å². The van der Waals surface area contributed by atoms with E-state index >= 15 is 0 Å². The van der Waals surface area contributed by atoms with Gasteiger partial charge in [-0.05, 0) is 17.7 Å². The maximum atomic E-state index is 11.6. The van der Waals surface area contributed by atoms with Crippen LogP contribution < -0.4 is 4.72 Å². The van der Waals surface area contributed by atoms with E-state index in [1.54, 1.807) is 24.7 Å². The molecule has 0 aliphatic carbocycles. The second-order valence-electron chi connectivity index (χ2n) is 4.05. The van der Waals surface area contributed by atoms with Crippen molar-refractivity contribution in [3.05, 3.63) is 48.5 Å². The zero-order chi connectivity index (χ0) is 13.7. The van der Waals surface area contributed by atoms with Crippen LogP contribution in [0.1, 0.15) is 5.56 Å². The Morgan fingerprint density at radius 1 is 1.37 bits per heavy atom. The predicted molar refractivity (Wildman–Crippen MR) is 75.9 cm³/mol. The molecule has 5 nitrogen and oxygen atoms in total. The molecule has 0 bridgehead atoms. The Bertz CT molecular complexity index is 626. The summed E-state index contributed by atoms with van der Waals surface area (Å²) in [6, 6.07) is 7.25. The van der Waals surface area contributed by atoms with E-state index in [2.05, 4.69) is 9.71 Å². The molecule has 1 aromatic heterocycles. The van der Waals surface area contributed by atoms with Crippen LogP contribution in [0, 0.1) is 0 Å². The molecule has 0 unspecified atom stereocenters. The Morgan fingerprint density at radius 3 is 2.89 bits per heavy atom. The zero-order valence-electron chi connectivity index (χ0n) is 10.2. The molecule has 1 aromatic carbocycles. The summed E-state index contributed by atoms with van der Waals surface area (Å²) < 4.78 is 27.6. The lowest BCUT2D eigenvalue weighted by molar-refractivity contribution is 0.602. The first-order valence-corrected chi connectivity index (χ1v) is 7.89. The van der Waals surface area contributed by atoms with Gasteiger partial charge in [0, 0.05) is 30.5 Å². The monoisotopic (exact) mass is 299 g/mol. The van der Waals surface area contributed by atoms with Crippen molar-refractivity contribution in [1.29, 1.82) is 0 Å². The summed E-state index contributed by atoms with van der Waals surface area (Å²) in [5.41, 5.74) is 1.53. The van der Waals surface area contributed by atoms with E-state index in [0.717, 1.165) is 5.56 Å². The summed E-state index contributed by atoms with van der Waals surface area (Å²) in [7, 11) is -3.36. The summed E-state index contributed by atoms with van der Waals surface area (Å²) in [6.07, 6.45) is 5.27. The number of hydrogen-bond acceptors (Lipinski definition) is 3. The maximum absolute atomic E-state index is 11.6. The normalized spacial score (nSPS) is 11.4. The molecule has 1 N–H and O–H groups in total. The van der Waals surface area contributed by atoms with E-state index in [-0.39, 0.29) is 11.6 Å². The van der Waals surface area contributed by atoms with Crippen molar-refractivity contribution >= 4 is 27.3 Å². The summed E-state index contributed by atoms with van der Waals surface area (Å²) in [5, 5.41) is 0. The van der Waals surface area contributed by atoms with Gasteiger partial charge in [0.2, 0.25) is 10.0 Å². The molecule has 0 atom stereocenters. The van der Waals surface area contributed by atoms with E-state index < -0.39 is 10.0 Å². The van der Waals surface area contributed by atoms with Gasteiger partial charge in [0.15, 0.2) is 0 Å². The molecule has 0 aliphatic rings. The molecule has 0 amide bonds. The van der Waals surface area contributed by atoms with Crippen molar-refractivity contribution in [2.24, 2.45) is 0 Å². The first-order chi connectivity index (χ1) is 9.09. The second-order valence-corrected chi connectivity index (χ2v) is 6.27. The molecular weight excluding hydrogens is 286 g/mol. The molecule has 1 heterocycles. The van der Waals surface area contributed by atoms with Gasteiger partial charge in [0.1, 0.15) is 0 Å². The van der Waals surface area contributed by atoms with Gasteiger partial charge < -0.3 is 4.57 Å². The summed E-state index contributed by atoms with van der Waals surface area (Å²) >= 11 is 5.45. The van der Waals surface area contributed by atoms with E-state index in [9.17, 15) is 8.42 Å². The molecule has 2 rings (SSSR count). The highest BCUT2D eigenvalue weighted by Gasteiger charge is 2.09.